The van der Waals surface area contributed by atoms with Crippen LogP contribution in [0.25, 0.3) is 0 Å². The first kappa shape index (κ1) is 13.3. The minimum Gasteiger partial charge on any atom is -0.380 e. The summed E-state index contributed by atoms with van der Waals surface area (Å²) < 4.78 is 27.4. The summed E-state index contributed by atoms with van der Waals surface area (Å²) >= 11 is 2.99. The number of piperidine rings is 1. The fraction of sp³-hybridized carbons (Fsp3) is 0.571. The summed E-state index contributed by atoms with van der Waals surface area (Å²) in [6.07, 6.45) is 4.45. The molecule has 0 saturated carbocycles. The van der Waals surface area contributed by atoms with Crippen molar-refractivity contribution in [3.05, 3.63) is 28.2 Å². The molecule has 0 aromatic heterocycles. The number of hydrogen-bond acceptors (Lipinski definition) is 2. The van der Waals surface area contributed by atoms with Gasteiger partial charge in [0, 0.05) is 24.2 Å². The van der Waals surface area contributed by atoms with Crippen LogP contribution in [0.5, 0.6) is 0 Å². The van der Waals surface area contributed by atoms with Gasteiger partial charge in [-0.25, -0.2) is 8.78 Å². The van der Waals surface area contributed by atoms with E-state index >= 15 is 0 Å². The molecule has 2 aliphatic rings. The molecule has 3 rings (SSSR count). The Hall–Kier alpha value is -0.680. The third-order valence-electron chi connectivity index (χ3n) is 4.47. The molecule has 2 bridgehead atoms. The van der Waals surface area contributed by atoms with Crippen LogP contribution in [0.2, 0.25) is 0 Å². The highest BCUT2D eigenvalue weighted by Gasteiger charge is 2.38. The van der Waals surface area contributed by atoms with Crippen molar-refractivity contribution in [1.82, 2.24) is 4.90 Å². The number of nitrogens with zero attached hydrogens (tertiary/aromatic N) is 1. The largest absolute Gasteiger partial charge is 0.380 e. The molecule has 0 spiro atoms. The number of hydrogen-bond donors (Lipinski definition) is 1. The fourth-order valence-electron chi connectivity index (χ4n) is 3.38. The fourth-order valence-corrected chi connectivity index (χ4v) is 3.70. The maximum Gasteiger partial charge on any atom is 0.147 e. The lowest BCUT2D eigenvalue weighted by atomic mass is 9.97. The van der Waals surface area contributed by atoms with E-state index in [0.29, 0.717) is 12.1 Å². The highest BCUT2D eigenvalue weighted by atomic mass is 79.9. The van der Waals surface area contributed by atoms with Gasteiger partial charge in [0.2, 0.25) is 0 Å². The van der Waals surface area contributed by atoms with Gasteiger partial charge in [0.25, 0.3) is 0 Å². The van der Waals surface area contributed by atoms with E-state index in [1.807, 2.05) is 0 Å². The second-order valence-corrected chi connectivity index (χ2v) is 6.46. The Balaban J connectivity index is 1.74. The first-order valence-corrected chi connectivity index (χ1v) is 7.47. The molecule has 0 amide bonds. The monoisotopic (exact) mass is 330 g/mol. The molecule has 2 fully saturated rings. The molecule has 2 heterocycles. The molecule has 5 heteroatoms. The predicted octanol–water partition coefficient (Wildman–Crippen LogP) is 3.76. The Morgan fingerprint density at radius 1 is 1.16 bits per heavy atom. The lowest BCUT2D eigenvalue weighted by Gasteiger charge is -2.37. The van der Waals surface area contributed by atoms with Crippen molar-refractivity contribution >= 4 is 21.6 Å². The van der Waals surface area contributed by atoms with Gasteiger partial charge in [0.1, 0.15) is 11.6 Å². The van der Waals surface area contributed by atoms with Crippen LogP contribution in [0.4, 0.5) is 14.5 Å². The van der Waals surface area contributed by atoms with Crippen molar-refractivity contribution in [3.63, 3.8) is 0 Å². The van der Waals surface area contributed by atoms with Crippen LogP contribution in [-0.4, -0.2) is 30.1 Å². The summed E-state index contributed by atoms with van der Waals surface area (Å²) in [7, 11) is 2.17. The lowest BCUT2D eigenvalue weighted by molar-refractivity contribution is 0.168. The van der Waals surface area contributed by atoms with Crippen molar-refractivity contribution in [3.8, 4) is 0 Å². The number of fused-ring (bicyclic) bond motifs is 2. The zero-order chi connectivity index (χ0) is 13.6. The molecule has 0 radical (unpaired) electrons. The third kappa shape index (κ3) is 2.50. The lowest BCUT2D eigenvalue weighted by Crippen LogP contribution is -2.44. The van der Waals surface area contributed by atoms with E-state index < -0.39 is 11.6 Å². The van der Waals surface area contributed by atoms with Crippen molar-refractivity contribution in [2.24, 2.45) is 0 Å². The summed E-state index contributed by atoms with van der Waals surface area (Å²) in [5, 5.41) is 3.18. The normalized spacial score (nSPS) is 30.6. The number of benzene rings is 1. The van der Waals surface area contributed by atoms with Crippen molar-refractivity contribution in [2.75, 3.05) is 12.4 Å². The van der Waals surface area contributed by atoms with Crippen molar-refractivity contribution in [2.45, 2.75) is 43.8 Å². The van der Waals surface area contributed by atoms with Gasteiger partial charge in [0.05, 0.1) is 10.2 Å². The highest BCUT2D eigenvalue weighted by molar-refractivity contribution is 9.10. The van der Waals surface area contributed by atoms with E-state index in [9.17, 15) is 8.78 Å². The Kier molecular flexibility index (Phi) is 3.52. The molecule has 1 N–H and O–H groups in total. The SMILES string of the molecule is CN1C2CCC1CC(Nc1cc(F)c(Br)cc1F)C2. The molecule has 2 nitrogen and oxygen atoms in total. The Labute approximate surface area is 120 Å². The molecule has 19 heavy (non-hydrogen) atoms. The Morgan fingerprint density at radius 3 is 2.42 bits per heavy atom. The van der Waals surface area contributed by atoms with Crippen LogP contribution in [0, 0.1) is 11.6 Å². The van der Waals surface area contributed by atoms with Gasteiger partial charge in [-0.3, -0.25) is 0 Å². The smallest absolute Gasteiger partial charge is 0.147 e. The highest BCUT2D eigenvalue weighted by Crippen LogP contribution is 2.36. The molecule has 1 aromatic rings. The first-order chi connectivity index (χ1) is 9.04. The maximum atomic E-state index is 13.8. The first-order valence-electron chi connectivity index (χ1n) is 6.67. The van der Waals surface area contributed by atoms with Gasteiger partial charge < -0.3 is 10.2 Å². The predicted molar refractivity (Wildman–Crippen MR) is 75.3 cm³/mol. The van der Waals surface area contributed by atoms with Gasteiger partial charge in [-0.05, 0) is 54.7 Å². The van der Waals surface area contributed by atoms with Gasteiger partial charge in [0.15, 0.2) is 0 Å². The standard InChI is InChI=1S/C14H17BrF2N2/c1-19-9-2-3-10(19)5-8(4-9)18-14-7-12(16)11(15)6-13(14)17/h6-10,18H,2-5H2,1H3. The average molecular weight is 331 g/mol. The molecular weight excluding hydrogens is 314 g/mol. The summed E-state index contributed by atoms with van der Waals surface area (Å²) in [5.74, 6) is -0.834. The van der Waals surface area contributed by atoms with Crippen LogP contribution in [0.1, 0.15) is 25.7 Å². The van der Waals surface area contributed by atoms with Gasteiger partial charge in [-0.2, -0.15) is 0 Å². The number of nitrogens with one attached hydrogen (secondary N) is 1. The topological polar surface area (TPSA) is 15.3 Å². The van der Waals surface area contributed by atoms with E-state index in [4.69, 9.17) is 0 Å². The summed E-state index contributed by atoms with van der Waals surface area (Å²) in [6.45, 7) is 0. The van der Waals surface area contributed by atoms with Gasteiger partial charge in [-0.15, -0.1) is 0 Å². The maximum absolute atomic E-state index is 13.8. The van der Waals surface area contributed by atoms with Crippen LogP contribution in [0.15, 0.2) is 16.6 Å². The van der Waals surface area contributed by atoms with E-state index in [2.05, 4.69) is 33.2 Å². The van der Waals surface area contributed by atoms with E-state index in [1.54, 1.807) is 0 Å². The van der Waals surface area contributed by atoms with Crippen molar-refractivity contribution < 1.29 is 8.78 Å². The molecule has 0 aliphatic carbocycles. The number of rotatable bonds is 2. The van der Waals surface area contributed by atoms with E-state index in [1.165, 1.54) is 25.0 Å². The van der Waals surface area contributed by atoms with Crippen LogP contribution >= 0.6 is 15.9 Å². The minimum atomic E-state index is -0.431. The quantitative estimate of drug-likeness (QED) is 0.830. The molecule has 2 atom stereocenters. The molecule has 2 aliphatic heterocycles. The molecule has 2 unspecified atom stereocenters. The van der Waals surface area contributed by atoms with Crippen LogP contribution in [-0.2, 0) is 0 Å². The molecule has 2 saturated heterocycles. The van der Waals surface area contributed by atoms with E-state index in [-0.39, 0.29) is 16.2 Å². The second-order valence-electron chi connectivity index (χ2n) is 5.61. The zero-order valence-electron chi connectivity index (χ0n) is 10.8. The molecule has 104 valence electrons. The summed E-state index contributed by atoms with van der Waals surface area (Å²) in [5.41, 5.74) is 0.273. The Morgan fingerprint density at radius 2 is 1.79 bits per heavy atom. The van der Waals surface area contributed by atoms with Crippen LogP contribution in [0.3, 0.4) is 0 Å². The Bertz CT molecular complexity index is 481. The third-order valence-corrected chi connectivity index (χ3v) is 5.08. The van der Waals surface area contributed by atoms with Gasteiger partial charge in [-0.1, -0.05) is 0 Å². The molecular formula is C14H17BrF2N2. The van der Waals surface area contributed by atoms with E-state index in [0.717, 1.165) is 12.8 Å². The number of anilines is 1. The van der Waals surface area contributed by atoms with Crippen molar-refractivity contribution in [1.29, 1.82) is 0 Å². The van der Waals surface area contributed by atoms with Gasteiger partial charge >= 0.3 is 0 Å². The zero-order valence-corrected chi connectivity index (χ0v) is 12.4. The average Bonchev–Trinajstić information content (AvgIpc) is 2.60. The molecule has 1 aromatic carbocycles. The summed E-state index contributed by atoms with van der Waals surface area (Å²) in [6, 6.07) is 3.82. The minimum absolute atomic E-state index is 0.166. The van der Waals surface area contributed by atoms with Crippen LogP contribution < -0.4 is 5.32 Å². The second kappa shape index (κ2) is 5.02. The summed E-state index contributed by atoms with van der Waals surface area (Å²) in [4.78, 5) is 2.43. The number of halogens is 3.